The first kappa shape index (κ1) is 11.9. The van der Waals surface area contributed by atoms with E-state index in [0.717, 1.165) is 12.3 Å². The molecule has 2 heteroatoms. The minimum Gasteiger partial charge on any atom is -0.369 e. The fraction of sp³-hybridized carbons (Fsp3) is 0.929. The summed E-state index contributed by atoms with van der Waals surface area (Å²) in [6.07, 6.45) is 4.61. The Morgan fingerprint density at radius 3 is 2.38 bits per heavy atom. The summed E-state index contributed by atoms with van der Waals surface area (Å²) in [5, 5.41) is 0. The quantitative estimate of drug-likeness (QED) is 0.768. The van der Waals surface area contributed by atoms with Gasteiger partial charge in [0, 0.05) is 0 Å². The van der Waals surface area contributed by atoms with Crippen LogP contribution >= 0.6 is 0 Å². The lowest BCUT2D eigenvalue weighted by Crippen LogP contribution is -2.61. The largest absolute Gasteiger partial charge is 0.369 e. The first-order valence-electron chi connectivity index (χ1n) is 6.61. The van der Waals surface area contributed by atoms with Crippen LogP contribution in [0.3, 0.4) is 0 Å². The second-order valence-corrected chi connectivity index (χ2v) is 6.91. The molecule has 0 aromatic rings. The molecule has 2 nitrogen and oxygen atoms in total. The lowest BCUT2D eigenvalue weighted by Gasteiger charge is -2.61. The highest BCUT2D eigenvalue weighted by Gasteiger charge is 2.61. The first-order chi connectivity index (χ1) is 7.31. The van der Waals surface area contributed by atoms with Crippen molar-refractivity contribution < 1.29 is 4.79 Å². The van der Waals surface area contributed by atoms with Crippen LogP contribution in [0.4, 0.5) is 0 Å². The summed E-state index contributed by atoms with van der Waals surface area (Å²) in [4.78, 5) is 12.1. The summed E-state index contributed by atoms with van der Waals surface area (Å²) in [6.45, 7) is 8.98. The molecule has 3 aliphatic carbocycles. The van der Waals surface area contributed by atoms with Crippen LogP contribution in [-0.4, -0.2) is 5.91 Å². The number of nitrogens with two attached hydrogens (primary N) is 1. The monoisotopic (exact) mass is 223 g/mol. The van der Waals surface area contributed by atoms with E-state index in [1.165, 1.54) is 19.3 Å². The Morgan fingerprint density at radius 2 is 2.00 bits per heavy atom. The normalized spacial score (nSPS) is 41.3. The SMILES string of the molecule is CC(C)C1CC2CCC1(C(N)=O)C(C)(C)C2. The van der Waals surface area contributed by atoms with Gasteiger partial charge in [0.15, 0.2) is 0 Å². The predicted molar refractivity (Wildman–Crippen MR) is 65.7 cm³/mol. The first-order valence-corrected chi connectivity index (χ1v) is 6.61. The third-order valence-corrected chi connectivity index (χ3v) is 5.42. The molecule has 92 valence electrons. The number of rotatable bonds is 2. The second-order valence-electron chi connectivity index (χ2n) is 6.91. The van der Waals surface area contributed by atoms with E-state index in [2.05, 4.69) is 27.7 Å². The standard InChI is InChI=1S/C14H25NO/c1-9(2)11-7-10-5-6-14(11,12(15)16)13(3,4)8-10/h9-11H,5-8H2,1-4H3,(H2,15,16). The highest BCUT2D eigenvalue weighted by atomic mass is 16.1. The maximum atomic E-state index is 12.1. The number of hydrogen-bond acceptors (Lipinski definition) is 1. The molecular formula is C14H25NO. The van der Waals surface area contributed by atoms with E-state index >= 15 is 0 Å². The molecule has 0 aromatic carbocycles. The number of primary amides is 1. The Kier molecular flexibility index (Phi) is 2.60. The minimum absolute atomic E-state index is 0.0469. The molecule has 3 atom stereocenters. The van der Waals surface area contributed by atoms with Crippen LogP contribution in [0.1, 0.15) is 53.4 Å². The fourth-order valence-electron chi connectivity index (χ4n) is 4.71. The van der Waals surface area contributed by atoms with Crippen molar-refractivity contribution in [3.8, 4) is 0 Å². The summed E-state index contributed by atoms with van der Waals surface area (Å²) in [5.41, 5.74) is 5.65. The van der Waals surface area contributed by atoms with E-state index in [9.17, 15) is 4.79 Å². The van der Waals surface area contributed by atoms with Gasteiger partial charge in [0.05, 0.1) is 5.41 Å². The van der Waals surface area contributed by atoms with Gasteiger partial charge in [-0.1, -0.05) is 27.7 Å². The number of amides is 1. The smallest absolute Gasteiger partial charge is 0.224 e. The molecule has 2 bridgehead atoms. The van der Waals surface area contributed by atoms with Gasteiger partial charge in [-0.3, -0.25) is 4.79 Å². The molecule has 3 rings (SSSR count). The van der Waals surface area contributed by atoms with Crippen LogP contribution in [0.2, 0.25) is 0 Å². The third kappa shape index (κ3) is 1.34. The van der Waals surface area contributed by atoms with Crippen molar-refractivity contribution >= 4 is 5.91 Å². The molecule has 3 fully saturated rings. The maximum Gasteiger partial charge on any atom is 0.224 e. The molecule has 3 saturated carbocycles. The summed E-state index contributed by atoms with van der Waals surface area (Å²) >= 11 is 0. The van der Waals surface area contributed by atoms with Crippen molar-refractivity contribution in [2.24, 2.45) is 34.3 Å². The zero-order valence-electron chi connectivity index (χ0n) is 11.0. The topological polar surface area (TPSA) is 43.1 Å². The summed E-state index contributed by atoms with van der Waals surface area (Å²) < 4.78 is 0. The van der Waals surface area contributed by atoms with Gasteiger partial charge in [0.25, 0.3) is 0 Å². The average Bonchev–Trinajstić information content (AvgIpc) is 2.15. The Hall–Kier alpha value is -0.530. The Labute approximate surface area is 99.0 Å². The molecule has 0 heterocycles. The van der Waals surface area contributed by atoms with Crippen molar-refractivity contribution in [2.75, 3.05) is 0 Å². The van der Waals surface area contributed by atoms with Gasteiger partial charge in [-0.05, 0) is 48.9 Å². The molecule has 3 aliphatic rings. The fourth-order valence-corrected chi connectivity index (χ4v) is 4.71. The van der Waals surface area contributed by atoms with Crippen molar-refractivity contribution in [1.29, 1.82) is 0 Å². The van der Waals surface area contributed by atoms with Crippen LogP contribution in [0.5, 0.6) is 0 Å². The Balaban J connectivity index is 2.47. The van der Waals surface area contributed by atoms with Crippen LogP contribution in [0.25, 0.3) is 0 Å². The molecule has 2 N–H and O–H groups in total. The van der Waals surface area contributed by atoms with E-state index in [0.29, 0.717) is 11.8 Å². The lowest BCUT2D eigenvalue weighted by molar-refractivity contribution is -0.166. The molecule has 1 amide bonds. The summed E-state index contributed by atoms with van der Waals surface area (Å²) in [7, 11) is 0. The van der Waals surface area contributed by atoms with Gasteiger partial charge in [-0.15, -0.1) is 0 Å². The zero-order valence-corrected chi connectivity index (χ0v) is 11.0. The van der Waals surface area contributed by atoms with Crippen molar-refractivity contribution in [2.45, 2.75) is 53.4 Å². The van der Waals surface area contributed by atoms with Gasteiger partial charge in [0.1, 0.15) is 0 Å². The van der Waals surface area contributed by atoms with Crippen molar-refractivity contribution in [1.82, 2.24) is 0 Å². The van der Waals surface area contributed by atoms with Crippen LogP contribution < -0.4 is 5.73 Å². The third-order valence-electron chi connectivity index (χ3n) is 5.42. The molecular weight excluding hydrogens is 198 g/mol. The maximum absolute atomic E-state index is 12.1. The molecule has 0 radical (unpaired) electrons. The molecule has 0 spiro atoms. The van der Waals surface area contributed by atoms with Crippen molar-refractivity contribution in [3.05, 3.63) is 0 Å². The minimum atomic E-state index is -0.240. The highest BCUT2D eigenvalue weighted by molar-refractivity contribution is 5.82. The van der Waals surface area contributed by atoms with E-state index in [1.54, 1.807) is 0 Å². The lowest BCUT2D eigenvalue weighted by atomic mass is 9.42. The van der Waals surface area contributed by atoms with E-state index in [1.807, 2.05) is 0 Å². The molecule has 3 unspecified atom stereocenters. The van der Waals surface area contributed by atoms with Gasteiger partial charge < -0.3 is 5.73 Å². The van der Waals surface area contributed by atoms with Crippen LogP contribution in [-0.2, 0) is 4.79 Å². The Bertz CT molecular complexity index is 308. The highest BCUT2D eigenvalue weighted by Crippen LogP contribution is 2.64. The predicted octanol–water partition coefficient (Wildman–Crippen LogP) is 2.96. The second kappa shape index (κ2) is 3.48. The van der Waals surface area contributed by atoms with Crippen molar-refractivity contribution in [3.63, 3.8) is 0 Å². The summed E-state index contributed by atoms with van der Waals surface area (Å²) in [6, 6.07) is 0. The number of fused-ring (bicyclic) bond motifs is 3. The number of hydrogen-bond donors (Lipinski definition) is 1. The van der Waals surface area contributed by atoms with E-state index in [-0.39, 0.29) is 16.7 Å². The number of carbonyl (C=O) groups excluding carboxylic acids is 1. The van der Waals surface area contributed by atoms with Gasteiger partial charge in [-0.25, -0.2) is 0 Å². The molecule has 0 aromatic heterocycles. The molecule has 16 heavy (non-hydrogen) atoms. The molecule has 0 saturated heterocycles. The summed E-state index contributed by atoms with van der Waals surface area (Å²) in [5.74, 6) is 1.83. The Morgan fingerprint density at radius 1 is 1.38 bits per heavy atom. The molecule has 0 aliphatic heterocycles. The zero-order chi connectivity index (χ0) is 12.1. The van der Waals surface area contributed by atoms with Crippen LogP contribution in [0.15, 0.2) is 0 Å². The van der Waals surface area contributed by atoms with E-state index in [4.69, 9.17) is 5.73 Å². The number of carbonyl (C=O) groups is 1. The average molecular weight is 223 g/mol. The van der Waals surface area contributed by atoms with Gasteiger partial charge >= 0.3 is 0 Å². The van der Waals surface area contributed by atoms with E-state index < -0.39 is 0 Å². The van der Waals surface area contributed by atoms with Gasteiger partial charge in [0.2, 0.25) is 5.91 Å². The van der Waals surface area contributed by atoms with Gasteiger partial charge in [-0.2, -0.15) is 0 Å². The van der Waals surface area contributed by atoms with Crippen LogP contribution in [0, 0.1) is 28.6 Å².